The molecule has 1 amide bonds. The van der Waals surface area contributed by atoms with Crippen LogP contribution in [0.15, 0.2) is 0 Å². The van der Waals surface area contributed by atoms with Crippen molar-refractivity contribution in [1.82, 2.24) is 4.90 Å². The molecule has 0 aromatic heterocycles. The highest BCUT2D eigenvalue weighted by atomic mass is 16.5. The van der Waals surface area contributed by atoms with Crippen LogP contribution < -0.4 is 5.73 Å². The first-order valence-electron chi connectivity index (χ1n) is 3.86. The Morgan fingerprint density at radius 3 is 2.92 bits per heavy atom. The van der Waals surface area contributed by atoms with E-state index >= 15 is 0 Å². The van der Waals surface area contributed by atoms with Gasteiger partial charge in [0.2, 0.25) is 5.91 Å². The van der Waals surface area contributed by atoms with Crippen molar-refractivity contribution in [3.8, 4) is 0 Å². The monoisotopic (exact) mass is 174 g/mol. The molecule has 0 saturated carbocycles. The number of nitrogens with two attached hydrogens (primary N) is 1. The Labute approximate surface area is 71.1 Å². The van der Waals surface area contributed by atoms with Gasteiger partial charge in [-0.25, -0.2) is 0 Å². The van der Waals surface area contributed by atoms with Crippen molar-refractivity contribution >= 4 is 5.91 Å². The van der Waals surface area contributed by atoms with Crippen molar-refractivity contribution in [2.45, 2.75) is 12.1 Å². The number of amides is 1. The van der Waals surface area contributed by atoms with Crippen molar-refractivity contribution in [2.24, 2.45) is 5.73 Å². The van der Waals surface area contributed by atoms with E-state index in [2.05, 4.69) is 0 Å². The third-order valence-corrected chi connectivity index (χ3v) is 2.00. The fourth-order valence-corrected chi connectivity index (χ4v) is 1.24. The van der Waals surface area contributed by atoms with Crippen molar-refractivity contribution in [1.29, 1.82) is 0 Å². The normalized spacial score (nSPS) is 25.4. The molecule has 0 aromatic rings. The van der Waals surface area contributed by atoms with Gasteiger partial charge in [-0.2, -0.15) is 0 Å². The van der Waals surface area contributed by atoms with Crippen LogP contribution in [-0.2, 0) is 9.53 Å². The minimum absolute atomic E-state index is 0.0771. The summed E-state index contributed by atoms with van der Waals surface area (Å²) in [5.41, 5.74) is 5.39. The highest BCUT2D eigenvalue weighted by molar-refractivity contribution is 5.88. The molecule has 1 rings (SSSR count). The van der Waals surface area contributed by atoms with Crippen LogP contribution >= 0.6 is 0 Å². The molecule has 0 bridgehead atoms. The number of nitrogens with zero attached hydrogens (tertiary/aromatic N) is 1. The molecule has 1 saturated heterocycles. The summed E-state index contributed by atoms with van der Waals surface area (Å²) in [6, 6.07) is -0.613. The molecule has 1 aliphatic heterocycles. The fourth-order valence-electron chi connectivity index (χ4n) is 1.24. The van der Waals surface area contributed by atoms with E-state index in [9.17, 15) is 4.79 Å². The molecule has 0 radical (unpaired) electrons. The van der Waals surface area contributed by atoms with Gasteiger partial charge >= 0.3 is 0 Å². The Morgan fingerprint density at radius 2 is 2.58 bits per heavy atom. The number of aliphatic hydroxyl groups is 1. The zero-order valence-electron chi connectivity index (χ0n) is 7.06. The van der Waals surface area contributed by atoms with E-state index in [1.165, 1.54) is 12.0 Å². The molecule has 0 spiro atoms. The van der Waals surface area contributed by atoms with Gasteiger partial charge in [0.15, 0.2) is 0 Å². The lowest BCUT2D eigenvalue weighted by Crippen LogP contribution is -2.65. The number of carbonyl (C=O) groups excluding carboxylic acids is 1. The third-order valence-electron chi connectivity index (χ3n) is 2.00. The number of ether oxygens (including phenoxy) is 1. The third kappa shape index (κ3) is 1.57. The lowest BCUT2D eigenvalue weighted by molar-refractivity contribution is -0.148. The van der Waals surface area contributed by atoms with E-state index in [4.69, 9.17) is 15.6 Å². The second-order valence-electron chi connectivity index (χ2n) is 2.89. The van der Waals surface area contributed by atoms with Gasteiger partial charge in [-0.1, -0.05) is 0 Å². The molecule has 5 heteroatoms. The minimum Gasteiger partial charge on any atom is -0.394 e. The predicted octanol–water partition coefficient (Wildman–Crippen LogP) is -1.84. The first kappa shape index (κ1) is 9.44. The molecule has 2 unspecified atom stereocenters. The first-order chi connectivity index (χ1) is 5.70. The zero-order valence-corrected chi connectivity index (χ0v) is 7.06. The molecular formula is C7H14N2O3. The van der Waals surface area contributed by atoms with E-state index in [1.807, 2.05) is 0 Å². The fraction of sp³-hybridized carbons (Fsp3) is 0.857. The number of aliphatic hydroxyl groups excluding tert-OH is 1. The summed E-state index contributed by atoms with van der Waals surface area (Å²) >= 11 is 0. The summed E-state index contributed by atoms with van der Waals surface area (Å²) in [5, 5.41) is 8.88. The van der Waals surface area contributed by atoms with Crippen molar-refractivity contribution < 1.29 is 14.6 Å². The molecule has 3 N–H and O–H groups in total. The molecule has 70 valence electrons. The average Bonchev–Trinajstić information content (AvgIpc) is 2.10. The van der Waals surface area contributed by atoms with Gasteiger partial charge < -0.3 is 20.5 Å². The number of methoxy groups -OCH3 is 1. The smallest absolute Gasteiger partial charge is 0.241 e. The summed E-state index contributed by atoms with van der Waals surface area (Å²) in [5.74, 6) is -0.105. The number of β-lactam (4-membered cyclic amide) rings is 1. The Bertz CT molecular complexity index is 174. The SMILES string of the molecule is COCC(CO)N1CC(N)C1=O. The van der Waals surface area contributed by atoms with Crippen LogP contribution in [0.3, 0.4) is 0 Å². The Morgan fingerprint density at radius 1 is 1.92 bits per heavy atom. The Hall–Kier alpha value is -0.650. The van der Waals surface area contributed by atoms with Gasteiger partial charge in [0.1, 0.15) is 6.04 Å². The Kier molecular flexibility index (Phi) is 3.02. The summed E-state index contributed by atoms with van der Waals surface area (Å²) in [4.78, 5) is 12.6. The molecule has 0 aliphatic carbocycles. The van der Waals surface area contributed by atoms with Crippen LogP contribution in [0.5, 0.6) is 0 Å². The highest BCUT2D eigenvalue weighted by Crippen LogP contribution is 2.12. The minimum atomic E-state index is -0.379. The van der Waals surface area contributed by atoms with Gasteiger partial charge in [-0.15, -0.1) is 0 Å². The molecule has 12 heavy (non-hydrogen) atoms. The van der Waals surface area contributed by atoms with Crippen LogP contribution in [0.2, 0.25) is 0 Å². The van der Waals surface area contributed by atoms with E-state index in [1.54, 1.807) is 0 Å². The maximum absolute atomic E-state index is 11.1. The first-order valence-corrected chi connectivity index (χ1v) is 3.86. The van der Waals surface area contributed by atoms with Gasteiger partial charge in [0.25, 0.3) is 0 Å². The lowest BCUT2D eigenvalue weighted by atomic mass is 10.1. The molecule has 5 nitrogen and oxygen atoms in total. The number of rotatable bonds is 4. The quantitative estimate of drug-likeness (QED) is 0.491. The highest BCUT2D eigenvalue weighted by Gasteiger charge is 2.37. The van der Waals surface area contributed by atoms with Crippen LogP contribution in [0.4, 0.5) is 0 Å². The summed E-state index contributed by atoms with van der Waals surface area (Å²) < 4.78 is 4.84. The van der Waals surface area contributed by atoms with Gasteiger partial charge in [-0.3, -0.25) is 4.79 Å². The molecule has 1 fully saturated rings. The molecule has 1 heterocycles. The molecule has 0 aromatic carbocycles. The molecule has 1 aliphatic rings. The summed E-state index contributed by atoms with van der Waals surface area (Å²) in [6.45, 7) is 0.800. The lowest BCUT2D eigenvalue weighted by Gasteiger charge is -2.41. The van der Waals surface area contributed by atoms with Crippen LogP contribution in [0, 0.1) is 0 Å². The van der Waals surface area contributed by atoms with Gasteiger partial charge in [-0.05, 0) is 0 Å². The van der Waals surface area contributed by atoms with Crippen molar-refractivity contribution in [3.05, 3.63) is 0 Å². The van der Waals surface area contributed by atoms with Crippen molar-refractivity contribution in [2.75, 3.05) is 26.9 Å². The largest absolute Gasteiger partial charge is 0.394 e. The topological polar surface area (TPSA) is 75.8 Å². The van der Waals surface area contributed by atoms with E-state index in [-0.39, 0.29) is 24.6 Å². The van der Waals surface area contributed by atoms with Crippen LogP contribution in [0.25, 0.3) is 0 Å². The van der Waals surface area contributed by atoms with E-state index < -0.39 is 0 Å². The second kappa shape index (κ2) is 3.84. The van der Waals surface area contributed by atoms with Crippen LogP contribution in [-0.4, -0.2) is 54.9 Å². The standard InChI is InChI=1S/C7H14N2O3/c1-12-4-5(3-10)9-2-6(8)7(9)11/h5-6,10H,2-4,8H2,1H3. The summed E-state index contributed by atoms with van der Waals surface area (Å²) in [7, 11) is 1.53. The van der Waals surface area contributed by atoms with E-state index in [0.29, 0.717) is 13.2 Å². The Balaban J connectivity index is 2.40. The maximum Gasteiger partial charge on any atom is 0.241 e. The van der Waals surface area contributed by atoms with Crippen molar-refractivity contribution in [3.63, 3.8) is 0 Å². The molecular weight excluding hydrogens is 160 g/mol. The molecule has 2 atom stereocenters. The number of likely N-dealkylation sites (tertiary alicyclic amines) is 1. The van der Waals surface area contributed by atoms with Gasteiger partial charge in [0.05, 0.1) is 19.3 Å². The predicted molar refractivity (Wildman–Crippen MR) is 42.4 cm³/mol. The number of carbonyl (C=O) groups is 1. The van der Waals surface area contributed by atoms with Crippen LogP contribution in [0.1, 0.15) is 0 Å². The van der Waals surface area contributed by atoms with Gasteiger partial charge in [0, 0.05) is 13.7 Å². The zero-order chi connectivity index (χ0) is 9.14. The second-order valence-corrected chi connectivity index (χ2v) is 2.89. The number of hydrogen-bond acceptors (Lipinski definition) is 4. The maximum atomic E-state index is 11.1. The average molecular weight is 174 g/mol. The van der Waals surface area contributed by atoms with E-state index in [0.717, 1.165) is 0 Å². The number of hydrogen-bond donors (Lipinski definition) is 2. The summed E-state index contributed by atoms with van der Waals surface area (Å²) in [6.07, 6.45) is 0.